The van der Waals surface area contributed by atoms with Crippen LogP contribution in [-0.4, -0.2) is 19.2 Å². The summed E-state index contributed by atoms with van der Waals surface area (Å²) in [5.41, 5.74) is 7.93. The third-order valence-corrected chi connectivity index (χ3v) is 3.01. The number of nitrogen functional groups attached to an aromatic ring is 1. The van der Waals surface area contributed by atoms with E-state index in [9.17, 15) is 0 Å². The van der Waals surface area contributed by atoms with Crippen molar-refractivity contribution >= 4 is 11.4 Å². The Kier molecular flexibility index (Phi) is 3.77. The van der Waals surface area contributed by atoms with E-state index in [1.807, 2.05) is 13.0 Å². The first-order chi connectivity index (χ1) is 8.24. The molecule has 0 atom stereocenters. The van der Waals surface area contributed by atoms with Gasteiger partial charge in [-0.3, -0.25) is 0 Å². The number of hydrogen-bond acceptors (Lipinski definition) is 3. The molecule has 0 amide bonds. The molecule has 1 aliphatic carbocycles. The molecule has 1 aromatic rings. The predicted molar refractivity (Wildman–Crippen MR) is 72.7 cm³/mol. The fraction of sp³-hybridized carbons (Fsp3) is 0.571. The van der Waals surface area contributed by atoms with Gasteiger partial charge in [-0.1, -0.05) is 6.92 Å². The summed E-state index contributed by atoms with van der Waals surface area (Å²) in [5.74, 6) is 0.879. The van der Waals surface area contributed by atoms with Crippen LogP contribution in [0.2, 0.25) is 0 Å². The SMILES string of the molecule is CCCN(c1cc(N)cc(OCC)c1)C1CC1. The van der Waals surface area contributed by atoms with Crippen molar-refractivity contribution in [3.8, 4) is 5.75 Å². The lowest BCUT2D eigenvalue weighted by Crippen LogP contribution is -2.26. The maximum atomic E-state index is 5.94. The maximum Gasteiger partial charge on any atom is 0.123 e. The number of rotatable bonds is 6. The Morgan fingerprint density at radius 2 is 2.06 bits per heavy atom. The molecule has 0 bridgehead atoms. The summed E-state index contributed by atoms with van der Waals surface area (Å²) in [7, 11) is 0. The topological polar surface area (TPSA) is 38.5 Å². The Hall–Kier alpha value is -1.38. The normalized spacial score (nSPS) is 14.7. The molecule has 0 aromatic heterocycles. The zero-order valence-electron chi connectivity index (χ0n) is 10.8. The average Bonchev–Trinajstić information content (AvgIpc) is 3.09. The highest BCUT2D eigenvalue weighted by atomic mass is 16.5. The van der Waals surface area contributed by atoms with Crippen LogP contribution in [0, 0.1) is 0 Å². The highest BCUT2D eigenvalue weighted by Gasteiger charge is 2.28. The zero-order valence-corrected chi connectivity index (χ0v) is 10.8. The summed E-state index contributed by atoms with van der Waals surface area (Å²) in [4.78, 5) is 2.46. The average molecular weight is 234 g/mol. The van der Waals surface area contributed by atoms with Crippen molar-refractivity contribution in [2.45, 2.75) is 39.2 Å². The summed E-state index contributed by atoms with van der Waals surface area (Å²) < 4.78 is 5.55. The van der Waals surface area contributed by atoms with Crippen molar-refractivity contribution < 1.29 is 4.74 Å². The molecule has 0 radical (unpaired) electrons. The molecule has 0 aliphatic heterocycles. The van der Waals surface area contributed by atoms with Gasteiger partial charge >= 0.3 is 0 Å². The summed E-state index contributed by atoms with van der Waals surface area (Å²) in [6.45, 7) is 5.98. The summed E-state index contributed by atoms with van der Waals surface area (Å²) >= 11 is 0. The van der Waals surface area contributed by atoms with Gasteiger partial charge in [0.1, 0.15) is 5.75 Å². The largest absolute Gasteiger partial charge is 0.494 e. The number of anilines is 2. The number of nitrogens with two attached hydrogens (primary N) is 1. The van der Waals surface area contributed by atoms with Gasteiger partial charge in [0.2, 0.25) is 0 Å². The molecule has 1 saturated carbocycles. The van der Waals surface area contributed by atoms with Crippen molar-refractivity contribution in [1.82, 2.24) is 0 Å². The van der Waals surface area contributed by atoms with Crippen molar-refractivity contribution in [1.29, 1.82) is 0 Å². The van der Waals surface area contributed by atoms with E-state index in [4.69, 9.17) is 10.5 Å². The molecule has 0 unspecified atom stereocenters. The first-order valence-electron chi connectivity index (χ1n) is 6.54. The first kappa shape index (κ1) is 12.1. The first-order valence-corrected chi connectivity index (χ1v) is 6.54. The third-order valence-electron chi connectivity index (χ3n) is 3.01. The second-order valence-electron chi connectivity index (χ2n) is 4.62. The van der Waals surface area contributed by atoms with Crippen LogP contribution in [0.3, 0.4) is 0 Å². The number of ether oxygens (including phenoxy) is 1. The van der Waals surface area contributed by atoms with Crippen LogP contribution in [0.15, 0.2) is 18.2 Å². The Bertz CT molecular complexity index is 374. The van der Waals surface area contributed by atoms with E-state index in [1.54, 1.807) is 0 Å². The molecule has 0 spiro atoms. The van der Waals surface area contributed by atoms with E-state index in [1.165, 1.54) is 18.5 Å². The fourth-order valence-electron chi connectivity index (χ4n) is 2.17. The van der Waals surface area contributed by atoms with E-state index >= 15 is 0 Å². The molecular weight excluding hydrogens is 212 g/mol. The van der Waals surface area contributed by atoms with Crippen molar-refractivity contribution in [2.75, 3.05) is 23.8 Å². The van der Waals surface area contributed by atoms with Gasteiger partial charge in [0.25, 0.3) is 0 Å². The van der Waals surface area contributed by atoms with Gasteiger partial charge < -0.3 is 15.4 Å². The van der Waals surface area contributed by atoms with E-state index in [2.05, 4.69) is 24.0 Å². The zero-order chi connectivity index (χ0) is 12.3. The highest BCUT2D eigenvalue weighted by molar-refractivity contribution is 5.61. The van der Waals surface area contributed by atoms with E-state index < -0.39 is 0 Å². The lowest BCUT2D eigenvalue weighted by atomic mass is 10.2. The molecule has 17 heavy (non-hydrogen) atoms. The minimum Gasteiger partial charge on any atom is -0.494 e. The van der Waals surface area contributed by atoms with Gasteiger partial charge in [0, 0.05) is 36.1 Å². The Morgan fingerprint density at radius 1 is 1.29 bits per heavy atom. The number of hydrogen-bond donors (Lipinski definition) is 1. The lowest BCUT2D eigenvalue weighted by Gasteiger charge is -2.25. The maximum absolute atomic E-state index is 5.94. The minimum absolute atomic E-state index is 0.681. The third kappa shape index (κ3) is 3.05. The predicted octanol–water partition coefficient (Wildman–Crippen LogP) is 3.05. The molecule has 1 fully saturated rings. The molecular formula is C14H22N2O. The van der Waals surface area contributed by atoms with Crippen LogP contribution in [0.1, 0.15) is 33.1 Å². The second-order valence-corrected chi connectivity index (χ2v) is 4.62. The summed E-state index contributed by atoms with van der Waals surface area (Å²) in [6.07, 6.45) is 3.77. The monoisotopic (exact) mass is 234 g/mol. The number of nitrogens with zero attached hydrogens (tertiary/aromatic N) is 1. The van der Waals surface area contributed by atoms with Gasteiger partial charge in [-0.05, 0) is 32.3 Å². The molecule has 1 aromatic carbocycles. The highest BCUT2D eigenvalue weighted by Crippen LogP contribution is 2.34. The van der Waals surface area contributed by atoms with Gasteiger partial charge in [-0.25, -0.2) is 0 Å². The van der Waals surface area contributed by atoms with E-state index in [0.717, 1.165) is 24.4 Å². The molecule has 0 saturated heterocycles. The van der Waals surface area contributed by atoms with E-state index in [0.29, 0.717) is 12.6 Å². The standard InChI is InChI=1S/C14H22N2O/c1-3-7-16(12-5-6-12)13-8-11(15)9-14(10-13)17-4-2/h8-10,12H,3-7,15H2,1-2H3. The van der Waals surface area contributed by atoms with Crippen LogP contribution >= 0.6 is 0 Å². The van der Waals surface area contributed by atoms with Gasteiger partial charge in [0.15, 0.2) is 0 Å². The molecule has 0 heterocycles. The Balaban J connectivity index is 2.22. The Morgan fingerprint density at radius 3 is 2.65 bits per heavy atom. The fourth-order valence-corrected chi connectivity index (χ4v) is 2.17. The van der Waals surface area contributed by atoms with Gasteiger partial charge in [-0.15, -0.1) is 0 Å². The van der Waals surface area contributed by atoms with Crippen LogP contribution in [0.5, 0.6) is 5.75 Å². The van der Waals surface area contributed by atoms with E-state index in [-0.39, 0.29) is 0 Å². The van der Waals surface area contributed by atoms with Crippen molar-refractivity contribution in [3.63, 3.8) is 0 Å². The summed E-state index contributed by atoms with van der Waals surface area (Å²) in [6, 6.07) is 6.76. The summed E-state index contributed by atoms with van der Waals surface area (Å²) in [5, 5.41) is 0. The van der Waals surface area contributed by atoms with Crippen molar-refractivity contribution in [3.05, 3.63) is 18.2 Å². The van der Waals surface area contributed by atoms with Crippen molar-refractivity contribution in [2.24, 2.45) is 0 Å². The minimum atomic E-state index is 0.681. The molecule has 3 heteroatoms. The van der Waals surface area contributed by atoms with Crippen LogP contribution in [0.4, 0.5) is 11.4 Å². The molecule has 2 rings (SSSR count). The molecule has 3 nitrogen and oxygen atoms in total. The van der Waals surface area contributed by atoms with Gasteiger partial charge in [-0.2, -0.15) is 0 Å². The number of benzene rings is 1. The van der Waals surface area contributed by atoms with Gasteiger partial charge in [0.05, 0.1) is 6.61 Å². The molecule has 1 aliphatic rings. The van der Waals surface area contributed by atoms with Crippen LogP contribution in [-0.2, 0) is 0 Å². The second kappa shape index (κ2) is 5.30. The molecule has 94 valence electrons. The quantitative estimate of drug-likeness (QED) is 0.769. The van der Waals surface area contributed by atoms with Crippen LogP contribution in [0.25, 0.3) is 0 Å². The Labute approximate surface area is 104 Å². The van der Waals surface area contributed by atoms with Crippen LogP contribution < -0.4 is 15.4 Å². The lowest BCUT2D eigenvalue weighted by molar-refractivity contribution is 0.340. The molecule has 2 N–H and O–H groups in total. The smallest absolute Gasteiger partial charge is 0.123 e.